The topological polar surface area (TPSA) is 107 Å². The first-order valence-corrected chi connectivity index (χ1v) is 11.0. The molecule has 0 radical (unpaired) electrons. The summed E-state index contributed by atoms with van der Waals surface area (Å²) in [7, 11) is 0. The molecular formula is C25H23N7O2. The van der Waals surface area contributed by atoms with E-state index in [4.69, 9.17) is 4.74 Å². The van der Waals surface area contributed by atoms with Crippen LogP contribution in [0.1, 0.15) is 12.6 Å². The van der Waals surface area contributed by atoms with Gasteiger partial charge in [-0.1, -0.05) is 12.1 Å². The van der Waals surface area contributed by atoms with Gasteiger partial charge in [0.2, 0.25) is 0 Å². The predicted molar refractivity (Wildman–Crippen MR) is 130 cm³/mol. The molecule has 0 fully saturated rings. The van der Waals surface area contributed by atoms with Gasteiger partial charge in [0.05, 0.1) is 34.9 Å². The largest absolute Gasteiger partial charge is 0.483 e. The summed E-state index contributed by atoms with van der Waals surface area (Å²) in [5.74, 6) is 0.951. The third-order valence-corrected chi connectivity index (χ3v) is 5.30. The Morgan fingerprint density at radius 2 is 2.00 bits per heavy atom. The van der Waals surface area contributed by atoms with Gasteiger partial charge in [-0.2, -0.15) is 5.10 Å². The van der Waals surface area contributed by atoms with Gasteiger partial charge in [0, 0.05) is 23.8 Å². The zero-order valence-corrected chi connectivity index (χ0v) is 18.6. The molecule has 0 saturated carbocycles. The van der Waals surface area contributed by atoms with Crippen molar-refractivity contribution in [3.8, 4) is 5.75 Å². The van der Waals surface area contributed by atoms with Gasteiger partial charge in [0.1, 0.15) is 17.9 Å². The van der Waals surface area contributed by atoms with E-state index >= 15 is 0 Å². The molecule has 1 amide bonds. The number of fused-ring (bicyclic) bond motifs is 2. The van der Waals surface area contributed by atoms with E-state index in [1.165, 1.54) is 6.33 Å². The minimum absolute atomic E-state index is 0.0807. The second kappa shape index (κ2) is 9.53. The van der Waals surface area contributed by atoms with Crippen molar-refractivity contribution >= 4 is 39.2 Å². The zero-order chi connectivity index (χ0) is 23.3. The van der Waals surface area contributed by atoms with E-state index in [2.05, 4.69) is 30.7 Å². The summed E-state index contributed by atoms with van der Waals surface area (Å²) in [6.45, 7) is 2.93. The Morgan fingerprint density at radius 3 is 2.85 bits per heavy atom. The Balaban J connectivity index is 1.42. The maximum Gasteiger partial charge on any atom is 0.257 e. The quantitative estimate of drug-likeness (QED) is 0.369. The maximum absolute atomic E-state index is 11.9. The molecule has 2 aromatic carbocycles. The van der Waals surface area contributed by atoms with Crippen LogP contribution >= 0.6 is 0 Å². The minimum Gasteiger partial charge on any atom is -0.483 e. The van der Waals surface area contributed by atoms with E-state index in [9.17, 15) is 4.79 Å². The number of rotatable bonds is 8. The van der Waals surface area contributed by atoms with Gasteiger partial charge in [0.15, 0.2) is 6.61 Å². The molecule has 0 aliphatic carbocycles. The fourth-order valence-electron chi connectivity index (χ4n) is 3.76. The van der Waals surface area contributed by atoms with Crippen LogP contribution in [0.2, 0.25) is 0 Å². The third-order valence-electron chi connectivity index (χ3n) is 5.30. The van der Waals surface area contributed by atoms with Gasteiger partial charge >= 0.3 is 0 Å². The van der Waals surface area contributed by atoms with Crippen molar-refractivity contribution in [3.63, 3.8) is 0 Å². The van der Waals surface area contributed by atoms with E-state index < -0.39 is 0 Å². The number of carbonyl (C=O) groups excluding carboxylic acids is 1. The van der Waals surface area contributed by atoms with Gasteiger partial charge in [-0.25, -0.2) is 9.97 Å². The van der Waals surface area contributed by atoms with Crippen LogP contribution < -0.4 is 15.4 Å². The number of likely N-dealkylation sites (N-methyl/N-ethyl adjacent to an activating group) is 1. The highest BCUT2D eigenvalue weighted by atomic mass is 16.5. The molecule has 0 saturated heterocycles. The van der Waals surface area contributed by atoms with Crippen LogP contribution in [0.25, 0.3) is 21.8 Å². The summed E-state index contributed by atoms with van der Waals surface area (Å²) < 4.78 is 7.72. The van der Waals surface area contributed by atoms with Crippen LogP contribution in [0, 0.1) is 0 Å². The van der Waals surface area contributed by atoms with Gasteiger partial charge in [0.25, 0.3) is 5.91 Å². The van der Waals surface area contributed by atoms with Crippen molar-refractivity contribution in [2.24, 2.45) is 0 Å². The molecule has 3 heterocycles. The number of nitrogens with zero attached hydrogens (tertiary/aromatic N) is 5. The first kappa shape index (κ1) is 21.3. The molecule has 9 nitrogen and oxygen atoms in total. The molecule has 170 valence electrons. The lowest BCUT2D eigenvalue weighted by Crippen LogP contribution is -2.28. The molecule has 5 aromatic rings. The van der Waals surface area contributed by atoms with E-state index in [1.807, 2.05) is 66.3 Å². The standard InChI is InChI=1S/C25H23N7O2/c1-2-26-23(33)15-34-22-8-5-7-20-24(22)25(29-16-28-20)31-18-9-10-21-17(12-18)13-30-32(21)14-19-6-3-4-11-27-19/h3-13,16H,2,14-15H2,1H3,(H,26,33)(H,28,29,31). The summed E-state index contributed by atoms with van der Waals surface area (Å²) in [5.41, 5.74) is 3.52. The molecule has 3 aromatic heterocycles. The van der Waals surface area contributed by atoms with Crippen LogP contribution in [0.4, 0.5) is 11.5 Å². The molecule has 0 atom stereocenters. The van der Waals surface area contributed by atoms with Gasteiger partial charge < -0.3 is 15.4 Å². The number of ether oxygens (including phenoxy) is 1. The highest BCUT2D eigenvalue weighted by molar-refractivity contribution is 5.96. The Bertz CT molecular complexity index is 1440. The van der Waals surface area contributed by atoms with Crippen molar-refractivity contribution < 1.29 is 9.53 Å². The number of anilines is 2. The number of nitrogens with one attached hydrogen (secondary N) is 2. The summed E-state index contributed by atoms with van der Waals surface area (Å²) in [6, 6.07) is 17.4. The molecule has 0 aliphatic rings. The van der Waals surface area contributed by atoms with Crippen molar-refractivity contribution in [1.82, 2.24) is 30.0 Å². The third kappa shape index (κ3) is 4.49. The van der Waals surface area contributed by atoms with E-state index in [0.29, 0.717) is 30.0 Å². The average Bonchev–Trinajstić information content (AvgIpc) is 3.25. The monoisotopic (exact) mass is 453 g/mol. The first-order valence-electron chi connectivity index (χ1n) is 11.0. The lowest BCUT2D eigenvalue weighted by molar-refractivity contribution is -0.122. The molecule has 5 rings (SSSR count). The Labute approximate surface area is 195 Å². The van der Waals surface area contributed by atoms with Crippen LogP contribution in [0.3, 0.4) is 0 Å². The number of hydrogen-bond acceptors (Lipinski definition) is 7. The summed E-state index contributed by atoms with van der Waals surface area (Å²) in [4.78, 5) is 25.0. The predicted octanol–water partition coefficient (Wildman–Crippen LogP) is 3.68. The number of aromatic nitrogens is 5. The second-order valence-corrected chi connectivity index (χ2v) is 7.64. The molecule has 9 heteroatoms. The van der Waals surface area contributed by atoms with Crippen LogP contribution in [0.5, 0.6) is 5.75 Å². The lowest BCUT2D eigenvalue weighted by atomic mass is 10.2. The van der Waals surface area contributed by atoms with E-state index in [-0.39, 0.29) is 12.5 Å². The lowest BCUT2D eigenvalue weighted by Gasteiger charge is -2.13. The van der Waals surface area contributed by atoms with Gasteiger partial charge in [-0.15, -0.1) is 0 Å². The van der Waals surface area contributed by atoms with Gasteiger partial charge in [-0.05, 0) is 49.4 Å². The fraction of sp³-hybridized carbons (Fsp3) is 0.160. The molecule has 0 unspecified atom stereocenters. The van der Waals surface area contributed by atoms with Crippen molar-refractivity contribution in [2.75, 3.05) is 18.5 Å². The molecule has 2 N–H and O–H groups in total. The highest BCUT2D eigenvalue weighted by Crippen LogP contribution is 2.32. The maximum atomic E-state index is 11.9. The number of pyridine rings is 1. The summed E-state index contributed by atoms with van der Waals surface area (Å²) in [6.07, 6.45) is 5.12. The van der Waals surface area contributed by atoms with Crippen LogP contribution in [-0.2, 0) is 11.3 Å². The Kier molecular flexibility index (Phi) is 5.98. The normalized spacial score (nSPS) is 11.0. The van der Waals surface area contributed by atoms with E-state index in [1.54, 1.807) is 12.3 Å². The highest BCUT2D eigenvalue weighted by Gasteiger charge is 2.13. The number of hydrogen-bond donors (Lipinski definition) is 2. The SMILES string of the molecule is CCNC(=O)COc1cccc2ncnc(Nc3ccc4c(cnn4Cc4ccccn4)c3)c12. The second-order valence-electron chi connectivity index (χ2n) is 7.64. The molecule has 34 heavy (non-hydrogen) atoms. The molecule has 0 aliphatic heterocycles. The number of amides is 1. The van der Waals surface area contributed by atoms with Crippen LogP contribution in [-0.4, -0.2) is 43.8 Å². The van der Waals surface area contributed by atoms with Crippen LogP contribution in [0.15, 0.2) is 73.3 Å². The average molecular weight is 454 g/mol. The number of benzene rings is 2. The smallest absolute Gasteiger partial charge is 0.257 e. The minimum atomic E-state index is -0.181. The Morgan fingerprint density at radius 1 is 1.06 bits per heavy atom. The van der Waals surface area contributed by atoms with Crippen molar-refractivity contribution in [1.29, 1.82) is 0 Å². The number of carbonyl (C=O) groups is 1. The summed E-state index contributed by atoms with van der Waals surface area (Å²) in [5, 5.41) is 12.3. The molecule has 0 bridgehead atoms. The molecular weight excluding hydrogens is 430 g/mol. The van der Waals surface area contributed by atoms with Crippen molar-refractivity contribution in [3.05, 3.63) is 79.0 Å². The zero-order valence-electron chi connectivity index (χ0n) is 18.6. The summed E-state index contributed by atoms with van der Waals surface area (Å²) >= 11 is 0. The van der Waals surface area contributed by atoms with Gasteiger partial charge in [-0.3, -0.25) is 14.5 Å². The van der Waals surface area contributed by atoms with Crippen molar-refractivity contribution in [2.45, 2.75) is 13.5 Å². The fourth-order valence-corrected chi connectivity index (χ4v) is 3.76. The Hall–Kier alpha value is -4.53. The van der Waals surface area contributed by atoms with E-state index in [0.717, 1.165) is 27.8 Å². The first-order chi connectivity index (χ1) is 16.7. The molecule has 0 spiro atoms.